The summed E-state index contributed by atoms with van der Waals surface area (Å²) >= 11 is 0. The fourth-order valence-corrected chi connectivity index (χ4v) is 2.83. The minimum atomic E-state index is -0.357. The average molecular weight is 310 g/mol. The Morgan fingerprint density at radius 1 is 1.13 bits per heavy atom. The van der Waals surface area contributed by atoms with E-state index in [0.29, 0.717) is 18.6 Å². The molecule has 23 heavy (non-hydrogen) atoms. The van der Waals surface area contributed by atoms with Gasteiger partial charge in [0.25, 0.3) is 0 Å². The van der Waals surface area contributed by atoms with Crippen LogP contribution in [0.1, 0.15) is 17.2 Å². The number of hydrogen-bond donors (Lipinski definition) is 0. The van der Waals surface area contributed by atoms with Crippen LogP contribution in [0, 0.1) is 6.92 Å². The maximum absolute atomic E-state index is 12.4. The Kier molecular flexibility index (Phi) is 4.53. The van der Waals surface area contributed by atoms with Crippen LogP contribution in [0.15, 0.2) is 63.9 Å². The predicted octanol–water partition coefficient (Wildman–Crippen LogP) is 2.82. The van der Waals surface area contributed by atoms with Gasteiger partial charge in [0.05, 0.1) is 5.39 Å². The van der Waals surface area contributed by atoms with E-state index in [9.17, 15) is 4.79 Å². The first kappa shape index (κ1) is 15.4. The van der Waals surface area contributed by atoms with E-state index in [-0.39, 0.29) is 11.8 Å². The van der Waals surface area contributed by atoms with Crippen LogP contribution in [0.4, 0.5) is 0 Å². The molecule has 3 aromatic rings. The number of aromatic nitrogens is 1. The zero-order valence-electron chi connectivity index (χ0n) is 13.4. The Morgan fingerprint density at radius 2 is 1.91 bits per heavy atom. The van der Waals surface area contributed by atoms with Crippen molar-refractivity contribution >= 4 is 11.0 Å². The summed E-state index contributed by atoms with van der Waals surface area (Å²) in [7, 11) is 1.64. The minimum absolute atomic E-state index is 0.108. The molecule has 0 radical (unpaired) electrons. The van der Waals surface area contributed by atoms with Crippen LogP contribution in [0.5, 0.6) is 0 Å². The van der Waals surface area contributed by atoms with Crippen LogP contribution in [0.2, 0.25) is 0 Å². The van der Waals surface area contributed by atoms with Crippen molar-refractivity contribution in [3.63, 3.8) is 0 Å². The number of benzene rings is 2. The first-order valence-corrected chi connectivity index (χ1v) is 7.66. The van der Waals surface area contributed by atoms with Gasteiger partial charge in [0.1, 0.15) is 6.61 Å². The van der Waals surface area contributed by atoms with Gasteiger partial charge in [0.2, 0.25) is 0 Å². The molecule has 3 rings (SSSR count). The van der Waals surface area contributed by atoms with E-state index in [1.54, 1.807) is 11.7 Å². The summed E-state index contributed by atoms with van der Waals surface area (Å²) in [6.45, 7) is 2.38. The number of hydrogen-bond acceptors (Lipinski definition) is 3. The summed E-state index contributed by atoms with van der Waals surface area (Å²) < 4.78 is 12.5. The molecule has 2 aromatic carbocycles. The van der Waals surface area contributed by atoms with Gasteiger partial charge in [-0.3, -0.25) is 0 Å². The molecule has 0 N–H and O–H groups in total. The second-order valence-electron chi connectivity index (χ2n) is 5.70. The third kappa shape index (κ3) is 3.32. The third-order valence-corrected chi connectivity index (χ3v) is 3.99. The fourth-order valence-electron chi connectivity index (χ4n) is 2.83. The van der Waals surface area contributed by atoms with E-state index < -0.39 is 0 Å². The van der Waals surface area contributed by atoms with Crippen molar-refractivity contribution in [3.8, 4) is 0 Å². The highest BCUT2D eigenvalue weighted by Crippen LogP contribution is 2.16. The predicted molar refractivity (Wildman–Crippen MR) is 88.5 cm³/mol. The van der Waals surface area contributed by atoms with Crippen LogP contribution in [-0.2, 0) is 11.2 Å². The molecular weight excluding hydrogens is 290 g/mol. The molecule has 1 atom stereocenters. The monoisotopic (exact) mass is 310 g/mol. The van der Waals surface area contributed by atoms with Crippen molar-refractivity contribution < 1.29 is 13.7 Å². The SMILES string of the molecule is COCC(Cc1ccccc1)[n+]1cc2cccc(C)c2oc1=O. The molecule has 0 saturated carbocycles. The molecule has 4 nitrogen and oxygen atoms in total. The summed E-state index contributed by atoms with van der Waals surface area (Å²) in [6, 6.07) is 15.8. The first-order valence-electron chi connectivity index (χ1n) is 7.66. The Balaban J connectivity index is 2.04. The van der Waals surface area contributed by atoms with Crippen molar-refractivity contribution in [1.29, 1.82) is 0 Å². The number of para-hydroxylation sites is 1. The van der Waals surface area contributed by atoms with Crippen molar-refractivity contribution in [2.75, 3.05) is 13.7 Å². The highest BCUT2D eigenvalue weighted by atomic mass is 16.5. The molecule has 0 aliphatic heterocycles. The van der Waals surface area contributed by atoms with Gasteiger partial charge in [-0.1, -0.05) is 42.5 Å². The summed E-state index contributed by atoms with van der Waals surface area (Å²) in [5.41, 5.74) is 2.76. The number of fused-ring (bicyclic) bond motifs is 1. The maximum atomic E-state index is 12.4. The lowest BCUT2D eigenvalue weighted by atomic mass is 10.1. The second kappa shape index (κ2) is 6.75. The van der Waals surface area contributed by atoms with Gasteiger partial charge in [-0.25, -0.2) is 0 Å². The van der Waals surface area contributed by atoms with Crippen LogP contribution in [0.25, 0.3) is 11.0 Å². The number of ether oxygens (including phenoxy) is 1. The van der Waals surface area contributed by atoms with Crippen LogP contribution in [-0.4, -0.2) is 13.7 Å². The Hall–Kier alpha value is -2.46. The highest BCUT2D eigenvalue weighted by molar-refractivity contribution is 5.77. The smallest absolute Gasteiger partial charge is 0.378 e. The molecule has 0 saturated heterocycles. The molecule has 1 heterocycles. The molecule has 0 aliphatic carbocycles. The summed E-state index contributed by atoms with van der Waals surface area (Å²) in [4.78, 5) is 12.4. The normalized spacial score (nSPS) is 12.4. The van der Waals surface area contributed by atoms with E-state index in [0.717, 1.165) is 16.5 Å². The zero-order valence-corrected chi connectivity index (χ0v) is 13.4. The standard InChI is InChI=1S/C19H20NO3/c1-14-7-6-10-16-12-20(19(21)23-18(14)16)17(13-22-2)11-15-8-4-3-5-9-15/h3-10,12,17H,11,13H2,1-2H3/q+1. The zero-order chi connectivity index (χ0) is 16.2. The summed E-state index contributed by atoms with van der Waals surface area (Å²) in [5.74, 6) is -0.357. The molecule has 1 aromatic heterocycles. The topological polar surface area (TPSA) is 43.3 Å². The Morgan fingerprint density at radius 3 is 2.65 bits per heavy atom. The van der Waals surface area contributed by atoms with Crippen molar-refractivity contribution in [2.45, 2.75) is 19.4 Å². The molecule has 0 amide bonds. The second-order valence-corrected chi connectivity index (χ2v) is 5.70. The van der Waals surface area contributed by atoms with E-state index in [2.05, 4.69) is 12.1 Å². The minimum Gasteiger partial charge on any atom is -0.378 e. The van der Waals surface area contributed by atoms with E-state index >= 15 is 0 Å². The average Bonchev–Trinajstić information content (AvgIpc) is 2.56. The van der Waals surface area contributed by atoms with Gasteiger partial charge in [0, 0.05) is 13.5 Å². The van der Waals surface area contributed by atoms with Gasteiger partial charge in [0.15, 0.2) is 17.8 Å². The fraction of sp³-hybridized carbons (Fsp3) is 0.263. The van der Waals surface area contributed by atoms with Crippen LogP contribution < -0.4 is 10.3 Å². The van der Waals surface area contributed by atoms with Crippen molar-refractivity contribution in [2.24, 2.45) is 0 Å². The number of rotatable bonds is 5. The number of nitrogens with zero attached hydrogens (tertiary/aromatic N) is 1. The van der Waals surface area contributed by atoms with Gasteiger partial charge in [-0.2, -0.15) is 4.79 Å². The van der Waals surface area contributed by atoms with Gasteiger partial charge >= 0.3 is 5.76 Å². The molecular formula is C19H20NO3+. The molecule has 0 bridgehead atoms. The van der Waals surface area contributed by atoms with E-state index in [1.807, 2.05) is 49.5 Å². The Labute approximate surface area is 135 Å². The maximum Gasteiger partial charge on any atom is 0.602 e. The van der Waals surface area contributed by atoms with Crippen molar-refractivity contribution in [1.82, 2.24) is 0 Å². The number of aryl methyl sites for hydroxylation is 1. The van der Waals surface area contributed by atoms with Crippen LogP contribution >= 0.6 is 0 Å². The highest BCUT2D eigenvalue weighted by Gasteiger charge is 2.25. The third-order valence-electron chi connectivity index (χ3n) is 3.99. The summed E-state index contributed by atoms with van der Waals surface area (Å²) in [5, 5.41) is 0.916. The van der Waals surface area contributed by atoms with Crippen LogP contribution in [0.3, 0.4) is 0 Å². The molecule has 118 valence electrons. The van der Waals surface area contributed by atoms with E-state index in [4.69, 9.17) is 9.15 Å². The lowest BCUT2D eigenvalue weighted by Gasteiger charge is -2.11. The van der Waals surface area contributed by atoms with E-state index in [1.165, 1.54) is 0 Å². The van der Waals surface area contributed by atoms with Gasteiger partial charge in [-0.05, 0) is 24.1 Å². The molecule has 4 heteroatoms. The number of methoxy groups -OCH3 is 1. The largest absolute Gasteiger partial charge is 0.602 e. The summed E-state index contributed by atoms with van der Waals surface area (Å²) in [6.07, 6.45) is 2.57. The molecule has 0 aliphatic rings. The lowest BCUT2D eigenvalue weighted by Crippen LogP contribution is -2.55. The Bertz CT molecular complexity index is 855. The molecule has 1 unspecified atom stereocenters. The first-order chi connectivity index (χ1) is 11.2. The molecule has 0 fully saturated rings. The van der Waals surface area contributed by atoms with Gasteiger partial charge in [-0.15, -0.1) is 4.57 Å². The lowest BCUT2D eigenvalue weighted by molar-refractivity contribution is -0.746. The van der Waals surface area contributed by atoms with Crippen molar-refractivity contribution in [3.05, 3.63) is 76.4 Å². The van der Waals surface area contributed by atoms with Gasteiger partial charge < -0.3 is 9.15 Å². The molecule has 0 spiro atoms. The quantitative estimate of drug-likeness (QED) is 0.681.